The van der Waals surface area contributed by atoms with Crippen LogP contribution >= 0.6 is 0 Å². The van der Waals surface area contributed by atoms with Crippen molar-refractivity contribution >= 4 is 0 Å². The Hall–Kier alpha value is -1.75. The van der Waals surface area contributed by atoms with Crippen LogP contribution in [-0.2, 0) is 7.05 Å². The fraction of sp³-hybridized carbons (Fsp3) is 0.308. The normalized spacial score (nSPS) is 12.8. The molecule has 18 heavy (non-hydrogen) atoms. The summed E-state index contributed by atoms with van der Waals surface area (Å²) in [4.78, 5) is 0. The lowest BCUT2D eigenvalue weighted by molar-refractivity contribution is 0.212. The van der Waals surface area contributed by atoms with Crippen LogP contribution in [0.25, 0.3) is 0 Å². The molecule has 0 spiro atoms. The van der Waals surface area contributed by atoms with Gasteiger partial charge in [-0.25, -0.2) is 8.78 Å². The third-order valence-corrected chi connectivity index (χ3v) is 3.09. The maximum Gasteiger partial charge on any atom is 0.129 e. The average Bonchev–Trinajstić information content (AvgIpc) is 2.56. The van der Waals surface area contributed by atoms with Gasteiger partial charge < -0.3 is 5.11 Å². The second-order valence-corrected chi connectivity index (χ2v) is 4.28. The molecule has 0 aliphatic rings. The summed E-state index contributed by atoms with van der Waals surface area (Å²) in [5, 5.41) is 14.4. The fourth-order valence-electron chi connectivity index (χ4n) is 2.07. The lowest BCUT2D eigenvalue weighted by atomic mass is 9.99. The highest BCUT2D eigenvalue weighted by Gasteiger charge is 2.22. The zero-order valence-corrected chi connectivity index (χ0v) is 10.4. The number of aromatic nitrogens is 2. The fourth-order valence-corrected chi connectivity index (χ4v) is 2.07. The number of aryl methyl sites for hydroxylation is 2. The van der Waals surface area contributed by atoms with E-state index in [9.17, 15) is 13.9 Å². The summed E-state index contributed by atoms with van der Waals surface area (Å²) in [5.74, 6) is -1.21. The van der Waals surface area contributed by atoms with Crippen LogP contribution in [0, 0.1) is 25.5 Å². The maximum atomic E-state index is 13.6. The molecule has 5 heteroatoms. The van der Waals surface area contributed by atoms with E-state index in [1.54, 1.807) is 25.6 Å². The van der Waals surface area contributed by atoms with Crippen LogP contribution in [0.15, 0.2) is 18.2 Å². The summed E-state index contributed by atoms with van der Waals surface area (Å²) in [6.07, 6.45) is -1.21. The zero-order chi connectivity index (χ0) is 13.4. The van der Waals surface area contributed by atoms with Gasteiger partial charge >= 0.3 is 0 Å². The third-order valence-electron chi connectivity index (χ3n) is 3.09. The van der Waals surface area contributed by atoms with Crippen LogP contribution < -0.4 is 0 Å². The van der Waals surface area contributed by atoms with Crippen molar-refractivity contribution in [2.45, 2.75) is 20.0 Å². The molecule has 2 rings (SSSR count). The monoisotopic (exact) mass is 252 g/mol. The second kappa shape index (κ2) is 4.49. The van der Waals surface area contributed by atoms with Gasteiger partial charge in [0.25, 0.3) is 0 Å². The first-order valence-electron chi connectivity index (χ1n) is 5.55. The van der Waals surface area contributed by atoms with Crippen LogP contribution in [0.3, 0.4) is 0 Å². The molecule has 1 aromatic carbocycles. The Kier molecular flexibility index (Phi) is 3.17. The number of nitrogens with zero attached hydrogens (tertiary/aromatic N) is 2. The topological polar surface area (TPSA) is 38.0 Å². The first-order valence-corrected chi connectivity index (χ1v) is 5.55. The van der Waals surface area contributed by atoms with Crippen LogP contribution in [0.5, 0.6) is 0 Å². The molecule has 0 radical (unpaired) electrons. The van der Waals surface area contributed by atoms with E-state index in [1.165, 1.54) is 0 Å². The summed E-state index contributed by atoms with van der Waals surface area (Å²) in [5.41, 5.74) is 1.77. The van der Waals surface area contributed by atoms with Gasteiger partial charge in [-0.1, -0.05) is 0 Å². The first kappa shape index (κ1) is 12.7. The first-order chi connectivity index (χ1) is 8.41. The summed E-state index contributed by atoms with van der Waals surface area (Å²) >= 11 is 0. The number of aliphatic hydroxyl groups is 1. The predicted molar refractivity (Wildman–Crippen MR) is 63.1 cm³/mol. The number of hydrogen-bond donors (Lipinski definition) is 1. The molecule has 0 aliphatic carbocycles. The van der Waals surface area contributed by atoms with Crippen molar-refractivity contribution in [1.29, 1.82) is 0 Å². The molecule has 3 nitrogen and oxygen atoms in total. The van der Waals surface area contributed by atoms with Gasteiger partial charge in [0.2, 0.25) is 0 Å². The molecule has 2 aromatic rings. The molecular formula is C13H14F2N2O. The van der Waals surface area contributed by atoms with Gasteiger partial charge in [-0.2, -0.15) is 5.10 Å². The van der Waals surface area contributed by atoms with E-state index < -0.39 is 17.7 Å². The molecule has 1 aromatic heterocycles. The van der Waals surface area contributed by atoms with Gasteiger partial charge in [-0.3, -0.25) is 4.68 Å². The SMILES string of the molecule is Cc1nn(C)c(C)c1C(O)c1cc(F)ccc1F. The number of halogens is 2. The van der Waals surface area contributed by atoms with E-state index in [2.05, 4.69) is 5.10 Å². The standard InChI is InChI=1S/C13H14F2N2O/c1-7-12(8(2)17(3)16-7)13(18)10-6-9(14)4-5-11(10)15/h4-6,13,18H,1-3H3. The maximum absolute atomic E-state index is 13.6. The quantitative estimate of drug-likeness (QED) is 0.891. The molecule has 1 atom stereocenters. The highest BCUT2D eigenvalue weighted by atomic mass is 19.1. The van der Waals surface area contributed by atoms with Crippen LogP contribution in [0.2, 0.25) is 0 Å². The van der Waals surface area contributed by atoms with Gasteiger partial charge in [0.15, 0.2) is 0 Å². The molecule has 0 amide bonds. The van der Waals surface area contributed by atoms with Crippen molar-refractivity contribution in [3.63, 3.8) is 0 Å². The Morgan fingerprint density at radius 1 is 1.28 bits per heavy atom. The largest absolute Gasteiger partial charge is 0.383 e. The second-order valence-electron chi connectivity index (χ2n) is 4.28. The number of rotatable bonds is 2. The van der Waals surface area contributed by atoms with Crippen LogP contribution in [0.1, 0.15) is 28.6 Å². The minimum absolute atomic E-state index is 0.0748. The van der Waals surface area contributed by atoms with Gasteiger partial charge in [0, 0.05) is 23.9 Å². The summed E-state index contributed by atoms with van der Waals surface area (Å²) in [6, 6.07) is 3.04. The van der Waals surface area contributed by atoms with E-state index in [1.807, 2.05) is 0 Å². The molecule has 0 aliphatic heterocycles. The molecule has 96 valence electrons. The van der Waals surface area contributed by atoms with E-state index in [0.29, 0.717) is 11.3 Å². The number of benzene rings is 1. The Morgan fingerprint density at radius 2 is 1.94 bits per heavy atom. The van der Waals surface area contributed by atoms with Crippen LogP contribution in [0.4, 0.5) is 8.78 Å². The highest BCUT2D eigenvalue weighted by molar-refractivity contribution is 5.36. The number of hydrogen-bond acceptors (Lipinski definition) is 2. The van der Waals surface area contributed by atoms with E-state index in [0.717, 1.165) is 23.9 Å². The van der Waals surface area contributed by atoms with Gasteiger partial charge in [0.05, 0.1) is 5.69 Å². The van der Waals surface area contributed by atoms with Crippen molar-refractivity contribution in [1.82, 2.24) is 9.78 Å². The minimum Gasteiger partial charge on any atom is -0.383 e. The van der Waals surface area contributed by atoms with Gasteiger partial charge in [-0.15, -0.1) is 0 Å². The molecule has 0 fully saturated rings. The van der Waals surface area contributed by atoms with E-state index in [-0.39, 0.29) is 5.56 Å². The lowest BCUT2D eigenvalue weighted by Gasteiger charge is -2.13. The van der Waals surface area contributed by atoms with Gasteiger partial charge in [-0.05, 0) is 32.0 Å². The molecular weight excluding hydrogens is 238 g/mol. The average molecular weight is 252 g/mol. The molecule has 1 N–H and O–H groups in total. The highest BCUT2D eigenvalue weighted by Crippen LogP contribution is 2.29. The van der Waals surface area contributed by atoms with E-state index in [4.69, 9.17) is 0 Å². The molecule has 0 saturated heterocycles. The Balaban J connectivity index is 2.54. The van der Waals surface area contributed by atoms with Crippen molar-refractivity contribution < 1.29 is 13.9 Å². The van der Waals surface area contributed by atoms with Crippen molar-refractivity contribution in [3.05, 3.63) is 52.3 Å². The summed E-state index contributed by atoms with van der Waals surface area (Å²) < 4.78 is 28.4. The molecule has 1 unspecified atom stereocenters. The Labute approximate surface area is 104 Å². The van der Waals surface area contributed by atoms with Crippen molar-refractivity contribution in [2.24, 2.45) is 7.05 Å². The molecule has 0 bridgehead atoms. The zero-order valence-electron chi connectivity index (χ0n) is 10.4. The number of aliphatic hydroxyl groups excluding tert-OH is 1. The summed E-state index contributed by atoms with van der Waals surface area (Å²) in [6.45, 7) is 3.50. The molecule has 1 heterocycles. The lowest BCUT2D eigenvalue weighted by Crippen LogP contribution is -2.06. The Morgan fingerprint density at radius 3 is 2.50 bits per heavy atom. The predicted octanol–water partition coefficient (Wildman–Crippen LogP) is 2.40. The van der Waals surface area contributed by atoms with Crippen LogP contribution in [-0.4, -0.2) is 14.9 Å². The van der Waals surface area contributed by atoms with E-state index >= 15 is 0 Å². The smallest absolute Gasteiger partial charge is 0.129 e. The van der Waals surface area contributed by atoms with Gasteiger partial charge in [0.1, 0.15) is 17.7 Å². The third kappa shape index (κ3) is 2.01. The molecule has 0 saturated carbocycles. The van der Waals surface area contributed by atoms with Crippen molar-refractivity contribution in [2.75, 3.05) is 0 Å². The van der Waals surface area contributed by atoms with Crippen molar-refractivity contribution in [3.8, 4) is 0 Å². The summed E-state index contributed by atoms with van der Waals surface area (Å²) in [7, 11) is 1.74. The minimum atomic E-state index is -1.21. The Bertz CT molecular complexity index is 593.